The summed E-state index contributed by atoms with van der Waals surface area (Å²) in [4.78, 5) is 14.9. The molecule has 2 aliphatic heterocycles. The van der Waals surface area contributed by atoms with Crippen LogP contribution in [0.4, 0.5) is 9.18 Å². The summed E-state index contributed by atoms with van der Waals surface area (Å²) in [6, 6.07) is 12.4. The topological polar surface area (TPSA) is 41.6 Å². The number of rotatable bonds is 3. The Labute approximate surface area is 163 Å². The molecule has 1 amide bonds. The molecular weight excluding hydrogens is 367 g/mol. The molecule has 2 saturated heterocycles. The van der Waals surface area contributed by atoms with Gasteiger partial charge in [0.25, 0.3) is 0 Å². The number of nitrogens with one attached hydrogen (secondary N) is 1. The number of carbonyl (C=O) groups excluding carboxylic acids is 1. The number of halogens is 2. The lowest BCUT2D eigenvalue weighted by atomic mass is 9.98. The van der Waals surface area contributed by atoms with Gasteiger partial charge < -0.3 is 15.0 Å². The van der Waals surface area contributed by atoms with Crippen molar-refractivity contribution in [3.05, 3.63) is 53.3 Å². The highest BCUT2D eigenvalue weighted by atomic mass is 35.5. The first-order valence-electron chi connectivity index (χ1n) is 9.26. The molecule has 142 valence electrons. The van der Waals surface area contributed by atoms with Crippen molar-refractivity contribution >= 4 is 17.7 Å². The molecule has 0 saturated carbocycles. The molecule has 2 unspecified atom stereocenters. The first-order valence-corrected chi connectivity index (χ1v) is 9.64. The predicted molar refractivity (Wildman–Crippen MR) is 104 cm³/mol. The molecule has 0 aromatic heterocycles. The minimum absolute atomic E-state index is 0.0920. The van der Waals surface area contributed by atoms with Crippen molar-refractivity contribution in [2.24, 2.45) is 0 Å². The largest absolute Gasteiger partial charge is 0.412 e. The quantitative estimate of drug-likeness (QED) is 0.816. The Hall–Kier alpha value is -2.11. The molecule has 2 heterocycles. The summed E-state index contributed by atoms with van der Waals surface area (Å²) in [7, 11) is 2.15. The minimum atomic E-state index is -0.544. The van der Waals surface area contributed by atoms with Crippen LogP contribution in [-0.2, 0) is 0 Å². The third-order valence-electron chi connectivity index (χ3n) is 5.71. The molecule has 2 bridgehead atoms. The van der Waals surface area contributed by atoms with Gasteiger partial charge in [-0.05, 0) is 62.6 Å². The number of benzene rings is 2. The van der Waals surface area contributed by atoms with Crippen LogP contribution >= 0.6 is 11.6 Å². The molecule has 27 heavy (non-hydrogen) atoms. The Bertz CT molecular complexity index is 846. The highest BCUT2D eigenvalue weighted by Crippen LogP contribution is 2.35. The van der Waals surface area contributed by atoms with E-state index in [1.807, 2.05) is 0 Å². The van der Waals surface area contributed by atoms with Crippen LogP contribution in [-0.4, -0.2) is 36.2 Å². The highest BCUT2D eigenvalue weighted by molar-refractivity contribution is 6.30. The van der Waals surface area contributed by atoms with Crippen LogP contribution in [0.15, 0.2) is 42.5 Å². The van der Waals surface area contributed by atoms with Gasteiger partial charge in [-0.1, -0.05) is 29.8 Å². The Morgan fingerprint density at radius 2 is 1.89 bits per heavy atom. The lowest BCUT2D eigenvalue weighted by Gasteiger charge is -2.36. The molecule has 2 aromatic carbocycles. The second kappa shape index (κ2) is 7.49. The number of carbonyl (C=O) groups is 1. The van der Waals surface area contributed by atoms with Gasteiger partial charge in [-0.2, -0.15) is 0 Å². The molecule has 2 fully saturated rings. The summed E-state index contributed by atoms with van der Waals surface area (Å²) in [5.41, 5.74) is 0.805. The van der Waals surface area contributed by atoms with Crippen LogP contribution in [0.3, 0.4) is 0 Å². The van der Waals surface area contributed by atoms with Crippen molar-refractivity contribution < 1.29 is 13.9 Å². The summed E-state index contributed by atoms with van der Waals surface area (Å²) in [5, 5.41) is 3.46. The van der Waals surface area contributed by atoms with E-state index in [-0.39, 0.29) is 17.4 Å². The van der Waals surface area contributed by atoms with E-state index in [0.717, 1.165) is 12.8 Å². The molecule has 0 spiro atoms. The summed E-state index contributed by atoms with van der Waals surface area (Å²) in [6.45, 7) is 0. The molecule has 2 atom stereocenters. The van der Waals surface area contributed by atoms with Crippen molar-refractivity contribution in [3.8, 4) is 16.9 Å². The van der Waals surface area contributed by atoms with Gasteiger partial charge in [-0.15, -0.1) is 0 Å². The third-order valence-corrected chi connectivity index (χ3v) is 5.95. The number of hydrogen-bond acceptors (Lipinski definition) is 3. The first-order chi connectivity index (χ1) is 13.0. The van der Waals surface area contributed by atoms with Crippen molar-refractivity contribution in [2.75, 3.05) is 7.05 Å². The molecule has 2 aromatic rings. The van der Waals surface area contributed by atoms with E-state index >= 15 is 0 Å². The van der Waals surface area contributed by atoms with Gasteiger partial charge in [0.15, 0.2) is 0 Å². The zero-order chi connectivity index (χ0) is 19.0. The van der Waals surface area contributed by atoms with E-state index in [1.54, 1.807) is 30.3 Å². The van der Waals surface area contributed by atoms with Crippen LogP contribution in [0.25, 0.3) is 11.1 Å². The summed E-state index contributed by atoms with van der Waals surface area (Å²) in [5.74, 6) is -0.273. The smallest absolute Gasteiger partial charge is 0.410 e. The van der Waals surface area contributed by atoms with Gasteiger partial charge in [0, 0.05) is 23.1 Å². The summed E-state index contributed by atoms with van der Waals surface area (Å²) >= 11 is 6.03. The van der Waals surface area contributed by atoms with Crippen molar-refractivity contribution in [1.82, 2.24) is 10.2 Å². The second-order valence-electron chi connectivity index (χ2n) is 7.38. The molecular formula is C21H22ClFN2O2. The van der Waals surface area contributed by atoms with Crippen LogP contribution < -0.4 is 10.1 Å². The standard InChI is InChI=1S/C21H22ClFN2O2/c1-25-16-8-9-17(25)12-15(11-16)24-21(26)27-19-7-3-6-18(23)20(19)13-4-2-5-14(22)10-13/h2-7,10,15-17H,8-9,11-12H2,1H3,(H,24,26). The van der Waals surface area contributed by atoms with E-state index in [1.165, 1.54) is 25.0 Å². The fraction of sp³-hybridized carbons (Fsp3) is 0.381. The van der Waals surface area contributed by atoms with E-state index in [4.69, 9.17) is 16.3 Å². The van der Waals surface area contributed by atoms with Crippen molar-refractivity contribution in [1.29, 1.82) is 0 Å². The van der Waals surface area contributed by atoms with E-state index in [0.29, 0.717) is 22.7 Å². The first kappa shape index (κ1) is 18.3. The lowest BCUT2D eigenvalue weighted by Crippen LogP contribution is -2.49. The lowest BCUT2D eigenvalue weighted by molar-refractivity contribution is 0.141. The fourth-order valence-corrected chi connectivity index (χ4v) is 4.53. The van der Waals surface area contributed by atoms with Gasteiger partial charge in [-0.25, -0.2) is 9.18 Å². The van der Waals surface area contributed by atoms with Crippen LogP contribution in [0.1, 0.15) is 25.7 Å². The molecule has 4 rings (SSSR count). The molecule has 4 nitrogen and oxygen atoms in total. The zero-order valence-electron chi connectivity index (χ0n) is 15.1. The number of nitrogens with zero attached hydrogens (tertiary/aromatic N) is 1. The minimum Gasteiger partial charge on any atom is -0.410 e. The third kappa shape index (κ3) is 3.80. The molecule has 2 aliphatic rings. The Kier molecular flexibility index (Phi) is 5.06. The van der Waals surface area contributed by atoms with E-state index < -0.39 is 11.9 Å². The maximum atomic E-state index is 14.5. The highest BCUT2D eigenvalue weighted by Gasteiger charge is 2.39. The SMILES string of the molecule is CN1C2CCC1CC(NC(=O)Oc1cccc(F)c1-c1cccc(Cl)c1)C2. The Morgan fingerprint density at radius 3 is 2.59 bits per heavy atom. The van der Waals surface area contributed by atoms with Crippen LogP contribution in [0, 0.1) is 5.82 Å². The summed E-state index contributed by atoms with van der Waals surface area (Å²) < 4.78 is 20.0. The number of fused-ring (bicyclic) bond motifs is 2. The van der Waals surface area contributed by atoms with Crippen molar-refractivity contribution in [3.63, 3.8) is 0 Å². The molecule has 0 radical (unpaired) electrons. The monoisotopic (exact) mass is 388 g/mol. The molecule has 1 N–H and O–H groups in total. The zero-order valence-corrected chi connectivity index (χ0v) is 15.9. The van der Waals surface area contributed by atoms with Gasteiger partial charge in [0.2, 0.25) is 0 Å². The number of amides is 1. The summed E-state index contributed by atoms with van der Waals surface area (Å²) in [6.07, 6.45) is 3.66. The fourth-order valence-electron chi connectivity index (χ4n) is 4.34. The van der Waals surface area contributed by atoms with Crippen molar-refractivity contribution in [2.45, 2.75) is 43.8 Å². The predicted octanol–water partition coefficient (Wildman–Crippen LogP) is 4.86. The normalized spacial score (nSPS) is 24.6. The second-order valence-corrected chi connectivity index (χ2v) is 7.81. The molecule has 6 heteroatoms. The van der Waals surface area contributed by atoms with Gasteiger partial charge in [0.1, 0.15) is 11.6 Å². The average molecular weight is 389 g/mol. The Morgan fingerprint density at radius 1 is 1.19 bits per heavy atom. The van der Waals surface area contributed by atoms with Crippen LogP contribution in [0.5, 0.6) is 5.75 Å². The van der Waals surface area contributed by atoms with Crippen LogP contribution in [0.2, 0.25) is 5.02 Å². The maximum absolute atomic E-state index is 14.5. The van der Waals surface area contributed by atoms with Gasteiger partial charge in [0.05, 0.1) is 5.56 Å². The molecule has 0 aliphatic carbocycles. The van der Waals surface area contributed by atoms with E-state index in [9.17, 15) is 9.18 Å². The number of hydrogen-bond donors (Lipinski definition) is 1. The van der Waals surface area contributed by atoms with E-state index in [2.05, 4.69) is 17.3 Å². The maximum Gasteiger partial charge on any atom is 0.412 e. The van der Waals surface area contributed by atoms with Gasteiger partial charge >= 0.3 is 6.09 Å². The Balaban J connectivity index is 1.50. The number of piperidine rings is 1. The average Bonchev–Trinajstić information content (AvgIpc) is 2.83. The number of ether oxygens (including phenoxy) is 1. The van der Waals surface area contributed by atoms with Gasteiger partial charge in [-0.3, -0.25) is 0 Å².